The number of nitrogens with one attached hydrogen (secondary N) is 1. The first-order chi connectivity index (χ1) is 24.0. The fourth-order valence-electron chi connectivity index (χ4n) is 6.74. The molecule has 51 heavy (non-hydrogen) atoms. The van der Waals surface area contributed by atoms with Crippen LogP contribution in [0.25, 0.3) is 11.1 Å². The molecule has 0 aliphatic carbocycles. The van der Waals surface area contributed by atoms with E-state index in [4.69, 9.17) is 4.74 Å². The number of hydrogen-bond donors (Lipinski definition) is 2. The standard InChI is InChI=1S/C37H33F6N3O5/c1-18-5-4-6-29-32(18)22-9-19(2)33(39)25(11-22)28(14-31(48)49)44-36(50)35(26-12-24(51-29)10-20(3)34(26)40)46-15-21(7-8-45-16-23(38)17-45)27(13-30(46)47)37(41,42)43/h4-6,9-13,15,23,28,35H,7-8,14,16-17H2,1-3H3,(H,44,50)(H,48,49)/t28-,35-/m0/s1. The number of aryl methyl sites for hydroxylation is 3. The average molecular weight is 714 g/mol. The molecule has 14 heteroatoms. The van der Waals surface area contributed by atoms with E-state index in [1.807, 2.05) is 0 Å². The Morgan fingerprint density at radius 2 is 1.65 bits per heavy atom. The Labute approximate surface area is 288 Å². The molecule has 2 aliphatic rings. The lowest BCUT2D eigenvalue weighted by atomic mass is 9.92. The van der Waals surface area contributed by atoms with Crippen LogP contribution < -0.4 is 15.6 Å². The molecule has 6 rings (SSSR count). The van der Waals surface area contributed by atoms with Gasteiger partial charge in [-0.05, 0) is 85.3 Å². The molecule has 2 aliphatic heterocycles. The van der Waals surface area contributed by atoms with Crippen LogP contribution in [0.1, 0.15) is 57.4 Å². The maximum atomic E-state index is 16.2. The number of carbonyl (C=O) groups excluding carboxylic acids is 1. The predicted molar refractivity (Wildman–Crippen MR) is 175 cm³/mol. The summed E-state index contributed by atoms with van der Waals surface area (Å²) in [7, 11) is 0. The van der Waals surface area contributed by atoms with Crippen LogP contribution in [0.3, 0.4) is 0 Å². The second kappa shape index (κ2) is 13.5. The van der Waals surface area contributed by atoms with Gasteiger partial charge >= 0.3 is 12.1 Å². The molecular formula is C37H33F6N3O5. The van der Waals surface area contributed by atoms with E-state index in [2.05, 4.69) is 5.32 Å². The fourth-order valence-corrected chi connectivity index (χ4v) is 6.74. The van der Waals surface area contributed by atoms with E-state index < -0.39 is 76.6 Å². The zero-order valence-corrected chi connectivity index (χ0v) is 27.7. The Balaban J connectivity index is 1.61. The number of aromatic nitrogens is 1. The van der Waals surface area contributed by atoms with E-state index in [0.29, 0.717) is 27.3 Å². The van der Waals surface area contributed by atoms with Crippen molar-refractivity contribution in [1.82, 2.24) is 14.8 Å². The average Bonchev–Trinajstić information content (AvgIpc) is 3.02. The Morgan fingerprint density at radius 3 is 2.31 bits per heavy atom. The summed E-state index contributed by atoms with van der Waals surface area (Å²) >= 11 is 0. The molecule has 1 fully saturated rings. The van der Waals surface area contributed by atoms with Gasteiger partial charge in [-0.1, -0.05) is 12.1 Å². The van der Waals surface area contributed by atoms with Gasteiger partial charge in [0.25, 0.3) is 5.56 Å². The summed E-state index contributed by atoms with van der Waals surface area (Å²) in [4.78, 5) is 41.6. The molecule has 0 spiro atoms. The maximum Gasteiger partial charge on any atom is 0.416 e. The van der Waals surface area contributed by atoms with Crippen molar-refractivity contribution in [2.75, 3.05) is 19.6 Å². The molecule has 1 saturated heterocycles. The first kappa shape index (κ1) is 35.7. The van der Waals surface area contributed by atoms with E-state index >= 15 is 8.78 Å². The minimum Gasteiger partial charge on any atom is -0.481 e. The number of likely N-dealkylation sites (tertiary alicyclic amines) is 1. The van der Waals surface area contributed by atoms with Crippen LogP contribution in [0, 0.1) is 32.4 Å². The summed E-state index contributed by atoms with van der Waals surface area (Å²) in [6, 6.07) is 7.22. The van der Waals surface area contributed by atoms with Gasteiger partial charge < -0.3 is 15.2 Å². The first-order valence-corrected chi connectivity index (χ1v) is 16.1. The number of pyridine rings is 1. The molecule has 1 amide bonds. The Bertz CT molecular complexity index is 2110. The second-order valence-electron chi connectivity index (χ2n) is 13.0. The Kier molecular flexibility index (Phi) is 9.49. The van der Waals surface area contributed by atoms with Gasteiger partial charge in [0.15, 0.2) is 0 Å². The number of alkyl halides is 4. The molecule has 8 nitrogen and oxygen atoms in total. The largest absolute Gasteiger partial charge is 0.481 e. The summed E-state index contributed by atoms with van der Waals surface area (Å²) in [6.45, 7) is 4.66. The number of hydrogen-bond acceptors (Lipinski definition) is 5. The molecule has 0 unspecified atom stereocenters. The van der Waals surface area contributed by atoms with Gasteiger partial charge in [0.1, 0.15) is 35.3 Å². The highest BCUT2D eigenvalue weighted by molar-refractivity contribution is 5.85. The van der Waals surface area contributed by atoms with Crippen molar-refractivity contribution in [3.8, 4) is 22.6 Å². The zero-order chi connectivity index (χ0) is 36.9. The van der Waals surface area contributed by atoms with Gasteiger partial charge in [-0.25, -0.2) is 13.2 Å². The quantitative estimate of drug-likeness (QED) is 0.210. The normalized spacial score (nSPS) is 18.0. The van der Waals surface area contributed by atoms with Gasteiger partial charge in [0.2, 0.25) is 5.91 Å². The number of rotatable bonds is 6. The molecule has 4 aromatic rings. The number of aliphatic carboxylic acids is 1. The predicted octanol–water partition coefficient (Wildman–Crippen LogP) is 6.96. The van der Waals surface area contributed by atoms with Crippen LogP contribution in [0.2, 0.25) is 0 Å². The van der Waals surface area contributed by atoms with Crippen LogP contribution in [-0.2, 0) is 22.2 Å². The van der Waals surface area contributed by atoms with Crippen molar-refractivity contribution in [2.45, 2.75) is 58.0 Å². The van der Waals surface area contributed by atoms with Crippen LogP contribution >= 0.6 is 0 Å². The molecular weight excluding hydrogens is 680 g/mol. The molecule has 2 N–H and O–H groups in total. The third-order valence-corrected chi connectivity index (χ3v) is 9.26. The smallest absolute Gasteiger partial charge is 0.416 e. The third-order valence-electron chi connectivity index (χ3n) is 9.26. The summed E-state index contributed by atoms with van der Waals surface area (Å²) in [5.41, 5.74) is -1.98. The van der Waals surface area contributed by atoms with Gasteiger partial charge in [0.05, 0.1) is 18.0 Å². The van der Waals surface area contributed by atoms with E-state index in [9.17, 15) is 37.1 Å². The summed E-state index contributed by atoms with van der Waals surface area (Å²) < 4.78 is 95.1. The van der Waals surface area contributed by atoms with Crippen LogP contribution in [0.4, 0.5) is 26.3 Å². The lowest BCUT2D eigenvalue weighted by molar-refractivity contribution is -0.139. The molecule has 3 heterocycles. The van der Waals surface area contributed by atoms with Gasteiger partial charge in [0, 0.05) is 48.6 Å². The molecule has 0 saturated carbocycles. The number of carboxylic acids is 1. The molecule has 2 atom stereocenters. The zero-order valence-electron chi connectivity index (χ0n) is 27.7. The van der Waals surface area contributed by atoms with E-state index in [-0.39, 0.29) is 54.2 Å². The number of benzene rings is 3. The van der Waals surface area contributed by atoms with Crippen LogP contribution in [0.15, 0.2) is 59.5 Å². The number of halogens is 6. The van der Waals surface area contributed by atoms with Gasteiger partial charge in [-0.15, -0.1) is 0 Å². The number of nitrogens with zero attached hydrogens (tertiary/aromatic N) is 2. The number of ether oxygens (including phenoxy) is 1. The lowest BCUT2D eigenvalue weighted by Crippen LogP contribution is -2.49. The first-order valence-electron chi connectivity index (χ1n) is 16.1. The topological polar surface area (TPSA) is 101 Å². The maximum absolute atomic E-state index is 16.2. The highest BCUT2D eigenvalue weighted by atomic mass is 19.4. The number of amides is 1. The minimum absolute atomic E-state index is 0.00381. The van der Waals surface area contributed by atoms with E-state index in [1.165, 1.54) is 32.0 Å². The molecule has 4 bridgehead atoms. The summed E-state index contributed by atoms with van der Waals surface area (Å²) in [6.07, 6.45) is -6.41. The second-order valence-corrected chi connectivity index (χ2v) is 13.0. The van der Waals surface area contributed by atoms with E-state index in [0.717, 1.165) is 12.3 Å². The molecule has 0 radical (unpaired) electrons. The van der Waals surface area contributed by atoms with Crippen molar-refractivity contribution in [3.05, 3.63) is 116 Å². The SMILES string of the molecule is Cc1cc2cc(c1F)[C@H](CC(=O)O)NC(=O)[C@@H](n1cc(CCN3CC(F)C3)c(C(F)(F)F)cc1=O)c1cc(cc(C)c1F)Oc1cccc(C)c1-2. The number of fused-ring (bicyclic) bond motifs is 6. The number of carbonyl (C=O) groups is 2. The highest BCUT2D eigenvalue weighted by Gasteiger charge is 2.38. The molecule has 1 aromatic heterocycles. The van der Waals surface area contributed by atoms with Gasteiger partial charge in [-0.2, -0.15) is 13.2 Å². The summed E-state index contributed by atoms with van der Waals surface area (Å²) in [5, 5.41) is 12.3. The van der Waals surface area contributed by atoms with Gasteiger partial charge in [-0.3, -0.25) is 23.9 Å². The van der Waals surface area contributed by atoms with Crippen molar-refractivity contribution in [3.63, 3.8) is 0 Å². The monoisotopic (exact) mass is 713 g/mol. The lowest BCUT2D eigenvalue weighted by Gasteiger charge is -2.34. The minimum atomic E-state index is -4.98. The van der Waals surface area contributed by atoms with Crippen molar-refractivity contribution < 1.29 is 45.8 Å². The third kappa shape index (κ3) is 7.09. The highest BCUT2D eigenvalue weighted by Crippen LogP contribution is 2.41. The Hall–Kier alpha value is -5.11. The van der Waals surface area contributed by atoms with Crippen molar-refractivity contribution in [1.29, 1.82) is 0 Å². The number of carboxylic acid groups (broad SMARTS) is 1. The summed E-state index contributed by atoms with van der Waals surface area (Å²) in [5.74, 6) is -4.16. The van der Waals surface area contributed by atoms with Crippen LogP contribution in [0.5, 0.6) is 11.5 Å². The van der Waals surface area contributed by atoms with E-state index in [1.54, 1.807) is 30.0 Å². The fraction of sp³-hybridized carbons (Fsp3) is 0.324. The molecule has 3 aromatic carbocycles. The van der Waals surface area contributed by atoms with Crippen molar-refractivity contribution >= 4 is 11.9 Å². The molecule has 268 valence electrons. The Morgan fingerprint density at radius 1 is 0.961 bits per heavy atom. The van der Waals surface area contributed by atoms with Crippen LogP contribution in [-0.4, -0.2) is 52.3 Å². The van der Waals surface area contributed by atoms with Crippen molar-refractivity contribution in [2.24, 2.45) is 0 Å².